The fraction of sp³-hybridized carbons (Fsp3) is 0.500. The molecule has 0 aromatic heterocycles. The molecule has 0 spiro atoms. The van der Waals surface area contributed by atoms with Gasteiger partial charge in [-0.15, -0.1) is 0 Å². The van der Waals surface area contributed by atoms with Gasteiger partial charge in [-0.2, -0.15) is 0 Å². The fourth-order valence-electron chi connectivity index (χ4n) is 1.85. The lowest BCUT2D eigenvalue weighted by molar-refractivity contribution is -0.120. The topological polar surface area (TPSA) is 55.1 Å². The van der Waals surface area contributed by atoms with Crippen molar-refractivity contribution < 1.29 is 4.79 Å². The molecular weight excluding hydrogens is 212 g/mol. The van der Waals surface area contributed by atoms with Gasteiger partial charge in [-0.3, -0.25) is 4.79 Å². The van der Waals surface area contributed by atoms with Crippen molar-refractivity contribution in [2.75, 3.05) is 13.1 Å². The average molecular weight is 234 g/mol. The van der Waals surface area contributed by atoms with E-state index >= 15 is 0 Å². The molecule has 17 heavy (non-hydrogen) atoms. The molecule has 1 aromatic carbocycles. The molecule has 0 aliphatic rings. The Hall–Kier alpha value is -1.35. The van der Waals surface area contributed by atoms with Crippen LogP contribution < -0.4 is 11.1 Å². The van der Waals surface area contributed by atoms with Gasteiger partial charge in [0.2, 0.25) is 5.91 Å². The van der Waals surface area contributed by atoms with Crippen LogP contribution in [-0.2, 0) is 11.2 Å². The Bertz CT molecular complexity index is 399. The van der Waals surface area contributed by atoms with Crippen molar-refractivity contribution in [2.24, 2.45) is 5.73 Å². The number of amides is 1. The molecule has 0 bridgehead atoms. The van der Waals surface area contributed by atoms with Gasteiger partial charge in [0, 0.05) is 19.5 Å². The summed E-state index contributed by atoms with van der Waals surface area (Å²) in [5.41, 5.74) is 10.5. The molecule has 1 aromatic rings. The molecule has 0 saturated heterocycles. The van der Waals surface area contributed by atoms with Crippen LogP contribution in [0.5, 0.6) is 0 Å². The number of nitrogens with two attached hydrogens (primary N) is 1. The zero-order valence-electron chi connectivity index (χ0n) is 11.0. The molecule has 0 atom stereocenters. The Kier molecular flexibility index (Phi) is 5.16. The van der Waals surface area contributed by atoms with Crippen LogP contribution in [-0.4, -0.2) is 19.0 Å². The average Bonchev–Trinajstić information content (AvgIpc) is 2.26. The first-order valence-corrected chi connectivity index (χ1v) is 6.08. The second kappa shape index (κ2) is 6.40. The molecule has 3 heteroatoms. The van der Waals surface area contributed by atoms with Crippen molar-refractivity contribution in [1.29, 1.82) is 0 Å². The molecule has 94 valence electrons. The fourth-order valence-corrected chi connectivity index (χ4v) is 1.85. The van der Waals surface area contributed by atoms with Gasteiger partial charge in [0.1, 0.15) is 0 Å². The van der Waals surface area contributed by atoms with Crippen LogP contribution in [0.4, 0.5) is 0 Å². The number of nitrogens with one attached hydrogen (secondary N) is 1. The largest absolute Gasteiger partial charge is 0.356 e. The highest BCUT2D eigenvalue weighted by Gasteiger charge is 2.03. The van der Waals surface area contributed by atoms with E-state index in [2.05, 4.69) is 38.2 Å². The van der Waals surface area contributed by atoms with Gasteiger partial charge in [0.15, 0.2) is 0 Å². The van der Waals surface area contributed by atoms with Crippen molar-refractivity contribution in [1.82, 2.24) is 5.32 Å². The van der Waals surface area contributed by atoms with Crippen molar-refractivity contribution in [3.8, 4) is 0 Å². The standard InChI is InChI=1S/C14H22N2O/c1-10-8-12(3)13(9-11(10)2)5-7-16-14(17)4-6-15/h8-9H,4-7,15H2,1-3H3,(H,16,17). The Morgan fingerprint density at radius 3 is 2.47 bits per heavy atom. The summed E-state index contributed by atoms with van der Waals surface area (Å²) in [5.74, 6) is 0.0361. The van der Waals surface area contributed by atoms with Gasteiger partial charge in [0.25, 0.3) is 0 Å². The van der Waals surface area contributed by atoms with E-state index in [0.717, 1.165) is 6.42 Å². The quantitative estimate of drug-likeness (QED) is 0.813. The van der Waals surface area contributed by atoms with Gasteiger partial charge >= 0.3 is 0 Å². The van der Waals surface area contributed by atoms with Gasteiger partial charge in [-0.25, -0.2) is 0 Å². The van der Waals surface area contributed by atoms with E-state index in [9.17, 15) is 4.79 Å². The lowest BCUT2D eigenvalue weighted by atomic mass is 9.99. The molecule has 3 nitrogen and oxygen atoms in total. The maximum absolute atomic E-state index is 11.2. The number of carbonyl (C=O) groups excluding carboxylic acids is 1. The van der Waals surface area contributed by atoms with Gasteiger partial charge in [-0.1, -0.05) is 12.1 Å². The first-order chi connectivity index (χ1) is 8.04. The highest BCUT2D eigenvalue weighted by atomic mass is 16.1. The maximum atomic E-state index is 11.2. The minimum atomic E-state index is 0.0361. The third-order valence-corrected chi connectivity index (χ3v) is 3.04. The summed E-state index contributed by atoms with van der Waals surface area (Å²) in [6.07, 6.45) is 1.29. The summed E-state index contributed by atoms with van der Waals surface area (Å²) < 4.78 is 0. The minimum Gasteiger partial charge on any atom is -0.356 e. The predicted molar refractivity (Wildman–Crippen MR) is 71.0 cm³/mol. The first kappa shape index (κ1) is 13.7. The van der Waals surface area contributed by atoms with Crippen LogP contribution in [0.25, 0.3) is 0 Å². The normalized spacial score (nSPS) is 10.4. The Morgan fingerprint density at radius 2 is 1.82 bits per heavy atom. The molecule has 0 aliphatic carbocycles. The van der Waals surface area contributed by atoms with Gasteiger partial charge < -0.3 is 11.1 Å². The highest BCUT2D eigenvalue weighted by molar-refractivity contribution is 5.76. The van der Waals surface area contributed by atoms with Crippen LogP contribution in [0.1, 0.15) is 28.7 Å². The van der Waals surface area contributed by atoms with Crippen molar-refractivity contribution in [3.05, 3.63) is 34.4 Å². The zero-order valence-corrected chi connectivity index (χ0v) is 11.0. The van der Waals surface area contributed by atoms with Crippen LogP contribution >= 0.6 is 0 Å². The first-order valence-electron chi connectivity index (χ1n) is 6.08. The maximum Gasteiger partial charge on any atom is 0.221 e. The number of benzene rings is 1. The van der Waals surface area contributed by atoms with E-state index in [1.165, 1.54) is 22.3 Å². The zero-order chi connectivity index (χ0) is 12.8. The Balaban J connectivity index is 2.52. The number of hydrogen-bond donors (Lipinski definition) is 2. The van der Waals surface area contributed by atoms with E-state index in [0.29, 0.717) is 19.5 Å². The van der Waals surface area contributed by atoms with E-state index < -0.39 is 0 Å². The lowest BCUT2D eigenvalue weighted by Gasteiger charge is -2.10. The van der Waals surface area contributed by atoms with E-state index in [-0.39, 0.29) is 5.91 Å². The lowest BCUT2D eigenvalue weighted by Crippen LogP contribution is -2.27. The summed E-state index contributed by atoms with van der Waals surface area (Å²) in [4.78, 5) is 11.2. The molecule has 0 heterocycles. The second-order valence-electron chi connectivity index (χ2n) is 4.50. The Morgan fingerprint density at radius 1 is 1.18 bits per heavy atom. The summed E-state index contributed by atoms with van der Waals surface area (Å²) >= 11 is 0. The van der Waals surface area contributed by atoms with Crippen LogP contribution in [0.3, 0.4) is 0 Å². The smallest absolute Gasteiger partial charge is 0.221 e. The minimum absolute atomic E-state index is 0.0361. The second-order valence-corrected chi connectivity index (χ2v) is 4.50. The number of aryl methyl sites for hydroxylation is 3. The van der Waals surface area contributed by atoms with E-state index in [4.69, 9.17) is 5.73 Å². The number of carbonyl (C=O) groups is 1. The summed E-state index contributed by atoms with van der Waals surface area (Å²) in [6.45, 7) is 7.45. The third kappa shape index (κ3) is 4.19. The van der Waals surface area contributed by atoms with Crippen molar-refractivity contribution >= 4 is 5.91 Å². The molecule has 0 aliphatic heterocycles. The van der Waals surface area contributed by atoms with Gasteiger partial charge in [0.05, 0.1) is 0 Å². The summed E-state index contributed by atoms with van der Waals surface area (Å²) in [5, 5.41) is 2.87. The molecule has 0 radical (unpaired) electrons. The van der Waals surface area contributed by atoms with Crippen molar-refractivity contribution in [3.63, 3.8) is 0 Å². The molecule has 0 fully saturated rings. The summed E-state index contributed by atoms with van der Waals surface area (Å²) in [7, 11) is 0. The van der Waals surface area contributed by atoms with Crippen LogP contribution in [0.15, 0.2) is 12.1 Å². The molecule has 0 unspecified atom stereocenters. The van der Waals surface area contributed by atoms with E-state index in [1.54, 1.807) is 0 Å². The number of rotatable bonds is 5. The SMILES string of the molecule is Cc1cc(C)c(CCNC(=O)CCN)cc1C. The molecule has 1 amide bonds. The summed E-state index contributed by atoms with van der Waals surface area (Å²) in [6, 6.07) is 4.41. The van der Waals surface area contributed by atoms with Crippen LogP contribution in [0.2, 0.25) is 0 Å². The molecule has 0 saturated carbocycles. The number of hydrogen-bond acceptors (Lipinski definition) is 2. The highest BCUT2D eigenvalue weighted by Crippen LogP contribution is 2.15. The van der Waals surface area contributed by atoms with E-state index in [1.807, 2.05) is 0 Å². The molecular formula is C14H22N2O. The van der Waals surface area contributed by atoms with Gasteiger partial charge in [-0.05, 0) is 49.4 Å². The molecule has 3 N–H and O–H groups in total. The van der Waals surface area contributed by atoms with Crippen molar-refractivity contribution in [2.45, 2.75) is 33.6 Å². The van der Waals surface area contributed by atoms with Crippen LogP contribution in [0, 0.1) is 20.8 Å². The third-order valence-electron chi connectivity index (χ3n) is 3.04. The predicted octanol–water partition coefficient (Wildman–Crippen LogP) is 1.62. The Labute approximate surface area is 103 Å². The molecule has 1 rings (SSSR count). The monoisotopic (exact) mass is 234 g/mol.